The Balaban J connectivity index is 1.93. The highest BCUT2D eigenvalue weighted by Gasteiger charge is 2.35. The van der Waals surface area contributed by atoms with Crippen LogP contribution in [0.25, 0.3) is 0 Å². The largest absolute Gasteiger partial charge is 0.449 e. The lowest BCUT2D eigenvalue weighted by atomic mass is 9.91. The molecule has 1 saturated carbocycles. The van der Waals surface area contributed by atoms with Gasteiger partial charge in [0.2, 0.25) is 5.76 Å². The molecule has 4 nitrogen and oxygen atoms in total. The van der Waals surface area contributed by atoms with E-state index < -0.39 is 23.4 Å². The smallest absolute Gasteiger partial charge is 0.446 e. The summed E-state index contributed by atoms with van der Waals surface area (Å²) in [4.78, 5) is 11.8. The Kier molecular flexibility index (Phi) is 4.61. The van der Waals surface area contributed by atoms with Crippen molar-refractivity contribution >= 4 is 5.91 Å². The van der Waals surface area contributed by atoms with Crippen LogP contribution in [-0.2, 0) is 6.18 Å². The van der Waals surface area contributed by atoms with Gasteiger partial charge in [-0.1, -0.05) is 25.7 Å². The number of hydrogen-bond acceptors (Lipinski definition) is 3. The zero-order chi connectivity index (χ0) is 15.5. The SMILES string of the molecule is NC1(CNC(=O)c2ccc(C(F)(F)F)o2)CCCCCC1. The van der Waals surface area contributed by atoms with Gasteiger partial charge in [-0.15, -0.1) is 0 Å². The first-order valence-corrected chi connectivity index (χ1v) is 7.04. The molecule has 1 aromatic rings. The molecule has 0 bridgehead atoms. The first-order valence-electron chi connectivity index (χ1n) is 7.04. The van der Waals surface area contributed by atoms with E-state index in [1.165, 1.54) is 0 Å². The summed E-state index contributed by atoms with van der Waals surface area (Å²) in [5.74, 6) is -2.19. The predicted octanol–water partition coefficient (Wildman–Crippen LogP) is 3.08. The molecule has 3 N–H and O–H groups in total. The summed E-state index contributed by atoms with van der Waals surface area (Å²) < 4.78 is 41.7. The molecular weight excluding hydrogens is 285 g/mol. The molecule has 1 aromatic heterocycles. The van der Waals surface area contributed by atoms with Crippen LogP contribution in [0.3, 0.4) is 0 Å². The molecule has 1 heterocycles. The lowest BCUT2D eigenvalue weighted by Gasteiger charge is -2.28. The molecule has 21 heavy (non-hydrogen) atoms. The Bertz CT molecular complexity index is 489. The zero-order valence-corrected chi connectivity index (χ0v) is 11.6. The molecular formula is C14H19F3N2O2. The van der Waals surface area contributed by atoms with E-state index in [-0.39, 0.29) is 12.3 Å². The van der Waals surface area contributed by atoms with Gasteiger partial charge in [0.25, 0.3) is 5.91 Å². The minimum atomic E-state index is -4.59. The number of halogens is 3. The van der Waals surface area contributed by atoms with Gasteiger partial charge in [0.1, 0.15) is 0 Å². The Hall–Kier alpha value is -1.50. The number of carbonyl (C=O) groups excluding carboxylic acids is 1. The average molecular weight is 304 g/mol. The molecule has 0 saturated heterocycles. The molecule has 1 aliphatic rings. The second-order valence-corrected chi connectivity index (χ2v) is 5.62. The minimum absolute atomic E-state index is 0.244. The van der Waals surface area contributed by atoms with Crippen LogP contribution < -0.4 is 11.1 Å². The van der Waals surface area contributed by atoms with Crippen LogP contribution in [0.2, 0.25) is 0 Å². The average Bonchev–Trinajstić information content (AvgIpc) is 2.81. The van der Waals surface area contributed by atoms with Crippen molar-refractivity contribution in [3.8, 4) is 0 Å². The van der Waals surface area contributed by atoms with Crippen molar-refractivity contribution in [3.63, 3.8) is 0 Å². The van der Waals surface area contributed by atoms with Crippen molar-refractivity contribution in [3.05, 3.63) is 23.7 Å². The molecule has 1 fully saturated rings. The van der Waals surface area contributed by atoms with Crippen LogP contribution in [0.1, 0.15) is 54.8 Å². The molecule has 2 rings (SSSR count). The van der Waals surface area contributed by atoms with Gasteiger partial charge in [0.05, 0.1) is 0 Å². The first-order chi connectivity index (χ1) is 9.80. The van der Waals surface area contributed by atoms with Crippen molar-refractivity contribution < 1.29 is 22.4 Å². The highest BCUT2D eigenvalue weighted by molar-refractivity contribution is 5.91. The third-order valence-electron chi connectivity index (χ3n) is 3.81. The number of nitrogens with one attached hydrogen (secondary N) is 1. The topological polar surface area (TPSA) is 68.3 Å². The first kappa shape index (κ1) is 15.9. The molecule has 0 spiro atoms. The highest BCUT2D eigenvalue weighted by Crippen LogP contribution is 2.30. The third-order valence-corrected chi connectivity index (χ3v) is 3.81. The summed E-state index contributed by atoms with van der Waals surface area (Å²) in [6.07, 6.45) is 1.28. The van der Waals surface area contributed by atoms with Crippen LogP contribution >= 0.6 is 0 Å². The molecule has 1 amide bonds. The molecule has 0 unspecified atom stereocenters. The Morgan fingerprint density at radius 1 is 1.24 bits per heavy atom. The van der Waals surface area contributed by atoms with E-state index in [0.29, 0.717) is 0 Å². The number of hydrogen-bond donors (Lipinski definition) is 2. The van der Waals surface area contributed by atoms with Gasteiger partial charge >= 0.3 is 6.18 Å². The second kappa shape index (κ2) is 6.09. The van der Waals surface area contributed by atoms with E-state index in [2.05, 4.69) is 9.73 Å². The van der Waals surface area contributed by atoms with Crippen LogP contribution in [-0.4, -0.2) is 18.0 Å². The summed E-state index contributed by atoms with van der Waals surface area (Å²) in [7, 11) is 0. The maximum Gasteiger partial charge on any atom is 0.449 e. The third kappa shape index (κ3) is 4.23. The summed E-state index contributed by atoms with van der Waals surface area (Å²) in [6.45, 7) is 0.244. The van der Waals surface area contributed by atoms with Crippen LogP contribution in [0.4, 0.5) is 13.2 Å². The molecule has 1 aliphatic carbocycles. The maximum atomic E-state index is 12.4. The number of furan rings is 1. The van der Waals surface area contributed by atoms with Crippen molar-refractivity contribution in [2.24, 2.45) is 5.73 Å². The zero-order valence-electron chi connectivity index (χ0n) is 11.6. The van der Waals surface area contributed by atoms with Gasteiger partial charge in [0, 0.05) is 12.1 Å². The monoisotopic (exact) mass is 304 g/mol. The van der Waals surface area contributed by atoms with Gasteiger partial charge in [-0.2, -0.15) is 13.2 Å². The fourth-order valence-corrected chi connectivity index (χ4v) is 2.57. The fraction of sp³-hybridized carbons (Fsp3) is 0.643. The Labute approximate surface area is 120 Å². The Morgan fingerprint density at radius 3 is 2.38 bits per heavy atom. The van der Waals surface area contributed by atoms with Gasteiger partial charge in [-0.25, -0.2) is 0 Å². The number of rotatable bonds is 3. The fourth-order valence-electron chi connectivity index (χ4n) is 2.57. The number of carbonyl (C=O) groups is 1. The standard InChI is InChI=1S/C14H19F3N2O2/c15-14(16,17)11-6-5-10(21-11)12(20)19-9-13(18)7-3-1-2-4-8-13/h5-6H,1-4,7-9,18H2,(H,19,20). The molecule has 0 aliphatic heterocycles. The van der Waals surface area contributed by atoms with E-state index in [9.17, 15) is 18.0 Å². The summed E-state index contributed by atoms with van der Waals surface area (Å²) >= 11 is 0. The lowest BCUT2D eigenvalue weighted by Crippen LogP contribution is -2.49. The normalized spacial score (nSPS) is 19.0. The van der Waals surface area contributed by atoms with E-state index >= 15 is 0 Å². The number of alkyl halides is 3. The number of nitrogens with two attached hydrogens (primary N) is 1. The van der Waals surface area contributed by atoms with Crippen LogP contribution in [0, 0.1) is 0 Å². The van der Waals surface area contributed by atoms with Crippen molar-refractivity contribution in [2.75, 3.05) is 6.54 Å². The molecule has 0 atom stereocenters. The molecule has 7 heteroatoms. The summed E-state index contributed by atoms with van der Waals surface area (Å²) in [5.41, 5.74) is 5.75. The van der Waals surface area contributed by atoms with Gasteiger partial charge in [-0.05, 0) is 25.0 Å². The van der Waals surface area contributed by atoms with Gasteiger partial charge < -0.3 is 15.5 Å². The molecule has 0 aromatic carbocycles. The van der Waals surface area contributed by atoms with Crippen LogP contribution in [0.5, 0.6) is 0 Å². The van der Waals surface area contributed by atoms with Gasteiger partial charge in [-0.3, -0.25) is 4.79 Å². The van der Waals surface area contributed by atoms with E-state index in [1.54, 1.807) is 0 Å². The minimum Gasteiger partial charge on any atom is -0.446 e. The molecule has 118 valence electrons. The quantitative estimate of drug-likeness (QED) is 0.843. The van der Waals surface area contributed by atoms with Crippen molar-refractivity contribution in [1.29, 1.82) is 0 Å². The van der Waals surface area contributed by atoms with E-state index in [4.69, 9.17) is 5.73 Å². The molecule has 0 radical (unpaired) electrons. The van der Waals surface area contributed by atoms with E-state index in [1.807, 2.05) is 0 Å². The number of amides is 1. The lowest BCUT2D eigenvalue weighted by molar-refractivity contribution is -0.153. The van der Waals surface area contributed by atoms with Crippen molar-refractivity contribution in [2.45, 2.75) is 50.2 Å². The second-order valence-electron chi connectivity index (χ2n) is 5.62. The highest BCUT2D eigenvalue weighted by atomic mass is 19.4. The Morgan fingerprint density at radius 2 is 1.86 bits per heavy atom. The summed E-state index contributed by atoms with van der Waals surface area (Å²) in [6, 6.07) is 1.77. The van der Waals surface area contributed by atoms with Gasteiger partial charge in [0.15, 0.2) is 5.76 Å². The summed E-state index contributed by atoms with van der Waals surface area (Å²) in [5, 5.41) is 2.58. The van der Waals surface area contributed by atoms with Crippen molar-refractivity contribution in [1.82, 2.24) is 5.32 Å². The predicted molar refractivity (Wildman–Crippen MR) is 70.7 cm³/mol. The maximum absolute atomic E-state index is 12.4. The van der Waals surface area contributed by atoms with E-state index in [0.717, 1.165) is 50.7 Å². The van der Waals surface area contributed by atoms with Crippen LogP contribution in [0.15, 0.2) is 16.5 Å².